The third-order valence-corrected chi connectivity index (χ3v) is 2.56. The number of nitrogens with zero attached hydrogens (tertiary/aromatic N) is 2. The maximum absolute atomic E-state index is 8.67. The molecule has 0 saturated heterocycles. The van der Waals surface area contributed by atoms with Crippen LogP contribution >= 0.6 is 0 Å². The summed E-state index contributed by atoms with van der Waals surface area (Å²) >= 11 is 0. The Balaban J connectivity index is 2.07. The van der Waals surface area contributed by atoms with E-state index in [2.05, 4.69) is 33.8 Å². The second-order valence-electron chi connectivity index (χ2n) is 3.94. The minimum absolute atomic E-state index is 0.235. The molecule has 0 radical (unpaired) electrons. The summed E-state index contributed by atoms with van der Waals surface area (Å²) in [6.07, 6.45) is 4.72. The van der Waals surface area contributed by atoms with Crippen LogP contribution in [0.25, 0.3) is 5.65 Å². The highest BCUT2D eigenvalue weighted by Gasteiger charge is 2.01. The van der Waals surface area contributed by atoms with Gasteiger partial charge in [0.2, 0.25) is 0 Å². The molecule has 4 heteroatoms. The first-order valence-electron chi connectivity index (χ1n) is 5.55. The zero-order chi connectivity index (χ0) is 11.4. The molecule has 86 valence electrons. The van der Waals surface area contributed by atoms with Gasteiger partial charge in [0.15, 0.2) is 0 Å². The number of nitrogens with one attached hydrogen (secondary N) is 1. The van der Waals surface area contributed by atoms with E-state index in [-0.39, 0.29) is 6.61 Å². The largest absolute Gasteiger partial charge is 0.396 e. The summed E-state index contributed by atoms with van der Waals surface area (Å²) in [7, 11) is 0. The molecule has 0 aromatic carbocycles. The smallest absolute Gasteiger partial charge is 0.137 e. The summed E-state index contributed by atoms with van der Waals surface area (Å²) in [5.74, 6) is 0. The van der Waals surface area contributed by atoms with E-state index in [0.29, 0.717) is 0 Å². The van der Waals surface area contributed by atoms with Crippen LogP contribution in [0.4, 0.5) is 0 Å². The predicted octanol–water partition coefficient (Wildman–Crippen LogP) is 1.11. The molecule has 4 nitrogen and oxygen atoms in total. The van der Waals surface area contributed by atoms with Crippen molar-refractivity contribution in [2.45, 2.75) is 19.9 Å². The molecule has 0 aliphatic carbocycles. The zero-order valence-electron chi connectivity index (χ0n) is 9.48. The van der Waals surface area contributed by atoms with Crippen molar-refractivity contribution in [1.82, 2.24) is 14.7 Å². The number of imidazole rings is 1. The first-order valence-corrected chi connectivity index (χ1v) is 5.55. The molecule has 0 unspecified atom stereocenters. The number of hydrogen-bond acceptors (Lipinski definition) is 3. The lowest BCUT2D eigenvalue weighted by Gasteiger charge is -2.04. The molecule has 0 amide bonds. The van der Waals surface area contributed by atoms with E-state index in [1.165, 1.54) is 5.56 Å². The monoisotopic (exact) mass is 219 g/mol. The van der Waals surface area contributed by atoms with Crippen molar-refractivity contribution in [3.63, 3.8) is 0 Å². The molecule has 0 atom stereocenters. The molecule has 2 heterocycles. The minimum Gasteiger partial charge on any atom is -0.396 e. The number of aliphatic hydroxyl groups is 1. The van der Waals surface area contributed by atoms with Gasteiger partial charge in [-0.05, 0) is 37.6 Å². The highest BCUT2D eigenvalue weighted by atomic mass is 16.3. The summed E-state index contributed by atoms with van der Waals surface area (Å²) < 4.78 is 2.08. The van der Waals surface area contributed by atoms with Crippen molar-refractivity contribution in [1.29, 1.82) is 0 Å². The molecule has 2 N–H and O–H groups in total. The normalized spacial score (nSPS) is 11.1. The Labute approximate surface area is 94.9 Å². The van der Waals surface area contributed by atoms with Crippen molar-refractivity contribution < 1.29 is 5.11 Å². The average molecular weight is 219 g/mol. The highest BCUT2D eigenvalue weighted by molar-refractivity contribution is 5.42. The molecule has 2 aromatic rings. The number of pyridine rings is 1. The minimum atomic E-state index is 0.235. The van der Waals surface area contributed by atoms with Gasteiger partial charge in [-0.15, -0.1) is 0 Å². The van der Waals surface area contributed by atoms with Gasteiger partial charge in [-0.2, -0.15) is 0 Å². The Bertz CT molecular complexity index is 464. The van der Waals surface area contributed by atoms with Gasteiger partial charge in [0, 0.05) is 19.3 Å². The molecule has 2 rings (SSSR count). The van der Waals surface area contributed by atoms with E-state index in [4.69, 9.17) is 5.11 Å². The van der Waals surface area contributed by atoms with Crippen molar-refractivity contribution >= 4 is 5.65 Å². The second-order valence-corrected chi connectivity index (χ2v) is 3.94. The molecule has 0 spiro atoms. The van der Waals surface area contributed by atoms with Gasteiger partial charge in [-0.1, -0.05) is 0 Å². The number of hydrogen-bond donors (Lipinski definition) is 2. The maximum Gasteiger partial charge on any atom is 0.137 e. The fourth-order valence-electron chi connectivity index (χ4n) is 1.69. The standard InChI is InChI=1S/C12H17N3O/c1-10-3-5-15-11(8-13-4-2-6-16)9-14-12(15)7-10/h3,5,7,9,13,16H,2,4,6,8H2,1H3. The molecule has 0 saturated carbocycles. The lowest BCUT2D eigenvalue weighted by atomic mass is 10.3. The Morgan fingerprint density at radius 3 is 3.19 bits per heavy atom. The van der Waals surface area contributed by atoms with Crippen LogP contribution < -0.4 is 5.32 Å². The summed E-state index contributed by atoms with van der Waals surface area (Å²) in [6.45, 7) is 3.91. The van der Waals surface area contributed by atoms with Crippen molar-refractivity contribution in [2.24, 2.45) is 0 Å². The van der Waals surface area contributed by atoms with Gasteiger partial charge in [-0.25, -0.2) is 4.98 Å². The van der Waals surface area contributed by atoms with Crippen LogP contribution in [0.2, 0.25) is 0 Å². The Morgan fingerprint density at radius 2 is 2.38 bits per heavy atom. The summed E-state index contributed by atoms with van der Waals surface area (Å²) in [6, 6.07) is 4.14. The van der Waals surface area contributed by atoms with E-state index in [1.54, 1.807) is 0 Å². The van der Waals surface area contributed by atoms with Gasteiger partial charge < -0.3 is 14.8 Å². The van der Waals surface area contributed by atoms with Crippen LogP contribution in [0.1, 0.15) is 17.7 Å². The molecule has 0 aliphatic heterocycles. The fraction of sp³-hybridized carbons (Fsp3) is 0.417. The van der Waals surface area contributed by atoms with E-state index >= 15 is 0 Å². The number of rotatable bonds is 5. The topological polar surface area (TPSA) is 49.6 Å². The summed E-state index contributed by atoms with van der Waals surface area (Å²) in [4.78, 5) is 4.35. The molecule has 0 aliphatic rings. The molecular formula is C12H17N3O. The first kappa shape index (κ1) is 11.1. The Kier molecular flexibility index (Phi) is 3.54. The third-order valence-electron chi connectivity index (χ3n) is 2.56. The number of aryl methyl sites for hydroxylation is 1. The van der Waals surface area contributed by atoms with Crippen LogP contribution in [0, 0.1) is 6.92 Å². The van der Waals surface area contributed by atoms with Crippen molar-refractivity contribution in [2.75, 3.05) is 13.2 Å². The number of aliphatic hydroxyl groups excluding tert-OH is 1. The van der Waals surface area contributed by atoms with Crippen LogP contribution in [-0.2, 0) is 6.54 Å². The Hall–Kier alpha value is -1.39. The fourth-order valence-corrected chi connectivity index (χ4v) is 1.69. The van der Waals surface area contributed by atoms with Crippen LogP contribution in [-0.4, -0.2) is 27.6 Å². The first-order chi connectivity index (χ1) is 7.81. The maximum atomic E-state index is 8.67. The second kappa shape index (κ2) is 5.09. The number of fused-ring (bicyclic) bond motifs is 1. The average Bonchev–Trinajstić information content (AvgIpc) is 2.67. The summed E-state index contributed by atoms with van der Waals surface area (Å²) in [5.41, 5.74) is 3.35. The van der Waals surface area contributed by atoms with Gasteiger partial charge in [-0.3, -0.25) is 0 Å². The number of aromatic nitrogens is 2. The van der Waals surface area contributed by atoms with Gasteiger partial charge in [0.1, 0.15) is 5.65 Å². The SMILES string of the molecule is Cc1ccn2c(CNCCCO)cnc2c1. The van der Waals surface area contributed by atoms with E-state index in [1.807, 2.05) is 12.4 Å². The van der Waals surface area contributed by atoms with E-state index < -0.39 is 0 Å². The van der Waals surface area contributed by atoms with Crippen LogP contribution in [0.5, 0.6) is 0 Å². The van der Waals surface area contributed by atoms with E-state index in [9.17, 15) is 0 Å². The quantitative estimate of drug-likeness (QED) is 0.741. The molecule has 2 aromatic heterocycles. The lowest BCUT2D eigenvalue weighted by molar-refractivity contribution is 0.286. The van der Waals surface area contributed by atoms with Gasteiger partial charge in [0.25, 0.3) is 0 Å². The van der Waals surface area contributed by atoms with Crippen molar-refractivity contribution in [3.8, 4) is 0 Å². The molecular weight excluding hydrogens is 202 g/mol. The molecule has 0 fully saturated rings. The van der Waals surface area contributed by atoms with Crippen LogP contribution in [0.3, 0.4) is 0 Å². The van der Waals surface area contributed by atoms with Gasteiger partial charge >= 0.3 is 0 Å². The Morgan fingerprint density at radius 1 is 1.50 bits per heavy atom. The molecule has 16 heavy (non-hydrogen) atoms. The van der Waals surface area contributed by atoms with Crippen LogP contribution in [0.15, 0.2) is 24.5 Å². The van der Waals surface area contributed by atoms with Crippen molar-refractivity contribution in [3.05, 3.63) is 35.8 Å². The van der Waals surface area contributed by atoms with E-state index in [0.717, 1.165) is 30.9 Å². The highest BCUT2D eigenvalue weighted by Crippen LogP contribution is 2.08. The molecule has 0 bridgehead atoms. The third kappa shape index (κ3) is 2.40. The lowest BCUT2D eigenvalue weighted by Crippen LogP contribution is -2.16. The zero-order valence-corrected chi connectivity index (χ0v) is 9.48. The van der Waals surface area contributed by atoms with Gasteiger partial charge in [0.05, 0.1) is 11.9 Å². The summed E-state index contributed by atoms with van der Waals surface area (Å²) in [5, 5.41) is 11.9. The predicted molar refractivity (Wildman–Crippen MR) is 63.3 cm³/mol.